The van der Waals surface area contributed by atoms with Gasteiger partial charge in [-0.15, -0.1) is 0 Å². The topological polar surface area (TPSA) is 97.4 Å². The van der Waals surface area contributed by atoms with Crippen molar-refractivity contribution in [2.24, 2.45) is 0 Å². The van der Waals surface area contributed by atoms with E-state index in [1.54, 1.807) is 19.1 Å². The third-order valence-corrected chi connectivity index (χ3v) is 6.95. The number of morpholine rings is 1. The van der Waals surface area contributed by atoms with E-state index in [4.69, 9.17) is 14.2 Å². The highest BCUT2D eigenvalue weighted by atomic mass is 32.2. The van der Waals surface area contributed by atoms with E-state index in [9.17, 15) is 13.2 Å². The molecule has 1 heterocycles. The Balaban J connectivity index is 1.65. The molecule has 0 saturated carbocycles. The van der Waals surface area contributed by atoms with E-state index in [0.717, 1.165) is 49.0 Å². The van der Waals surface area contributed by atoms with Gasteiger partial charge in [-0.1, -0.05) is 24.3 Å². The fourth-order valence-electron chi connectivity index (χ4n) is 3.89. The molecule has 1 aliphatic rings. The van der Waals surface area contributed by atoms with E-state index in [1.165, 1.54) is 25.8 Å². The second-order valence-electron chi connectivity index (χ2n) is 8.20. The van der Waals surface area contributed by atoms with Gasteiger partial charge >= 0.3 is 0 Å². The van der Waals surface area contributed by atoms with Crippen LogP contribution in [0.2, 0.25) is 0 Å². The molecule has 0 aromatic heterocycles. The minimum Gasteiger partial charge on any atom is -0.493 e. The Morgan fingerprint density at radius 1 is 1.06 bits per heavy atom. The summed E-state index contributed by atoms with van der Waals surface area (Å²) in [7, 11) is -0.783. The predicted octanol–water partition coefficient (Wildman–Crippen LogP) is 2.01. The van der Waals surface area contributed by atoms with Crippen LogP contribution >= 0.6 is 0 Å². The molecule has 10 heteroatoms. The number of benzene rings is 2. The van der Waals surface area contributed by atoms with Crippen molar-refractivity contribution in [1.29, 1.82) is 0 Å². The molecular formula is C24H33N3O6S. The minimum atomic E-state index is -3.75. The van der Waals surface area contributed by atoms with Crippen molar-refractivity contribution in [1.82, 2.24) is 10.2 Å². The zero-order valence-electron chi connectivity index (χ0n) is 20.1. The SMILES string of the molecule is COc1ccc(N(C(C)C(=O)NCc2ccc(CN3CCOCC3)cc2)S(C)(=O)=O)cc1OC. The number of sulfonamides is 1. The van der Waals surface area contributed by atoms with Gasteiger partial charge in [0.05, 0.1) is 39.4 Å². The van der Waals surface area contributed by atoms with E-state index in [2.05, 4.69) is 10.2 Å². The van der Waals surface area contributed by atoms with E-state index in [1.807, 2.05) is 24.3 Å². The quantitative estimate of drug-likeness (QED) is 0.543. The first-order chi connectivity index (χ1) is 16.2. The average Bonchev–Trinajstić information content (AvgIpc) is 2.83. The van der Waals surface area contributed by atoms with Crippen LogP contribution in [0.15, 0.2) is 42.5 Å². The molecule has 0 aliphatic carbocycles. The minimum absolute atomic E-state index is 0.296. The first-order valence-corrected chi connectivity index (χ1v) is 12.9. The monoisotopic (exact) mass is 491 g/mol. The molecule has 186 valence electrons. The Morgan fingerprint density at radius 2 is 1.68 bits per heavy atom. The Labute approximate surface area is 201 Å². The number of anilines is 1. The molecule has 0 spiro atoms. The maximum Gasteiger partial charge on any atom is 0.243 e. The molecule has 0 radical (unpaired) electrons. The van der Waals surface area contributed by atoms with Crippen molar-refractivity contribution < 1.29 is 27.4 Å². The number of nitrogens with zero attached hydrogens (tertiary/aromatic N) is 2. The maximum atomic E-state index is 12.9. The molecule has 1 amide bonds. The number of hydrogen-bond donors (Lipinski definition) is 1. The van der Waals surface area contributed by atoms with Gasteiger partial charge in [0, 0.05) is 32.2 Å². The lowest BCUT2D eigenvalue weighted by Gasteiger charge is -2.28. The fraction of sp³-hybridized carbons (Fsp3) is 0.458. The summed E-state index contributed by atoms with van der Waals surface area (Å²) in [5, 5.41) is 2.85. The normalized spacial score (nSPS) is 15.4. The van der Waals surface area contributed by atoms with Gasteiger partial charge in [-0.05, 0) is 30.2 Å². The second-order valence-corrected chi connectivity index (χ2v) is 10.1. The zero-order valence-corrected chi connectivity index (χ0v) is 20.9. The number of methoxy groups -OCH3 is 2. The standard InChI is InChI=1S/C24H33N3O6S/c1-18(27(34(4,29)30)21-9-10-22(31-2)23(15-21)32-3)24(28)25-16-19-5-7-20(8-6-19)17-26-11-13-33-14-12-26/h5-10,15,18H,11-14,16-17H2,1-4H3,(H,25,28). The number of ether oxygens (including phenoxy) is 3. The third kappa shape index (κ3) is 6.62. The molecule has 1 N–H and O–H groups in total. The van der Waals surface area contributed by atoms with Crippen molar-refractivity contribution in [3.63, 3.8) is 0 Å². The van der Waals surface area contributed by atoms with Gasteiger partial charge in [-0.3, -0.25) is 14.0 Å². The molecular weight excluding hydrogens is 458 g/mol. The molecule has 1 atom stereocenters. The van der Waals surface area contributed by atoms with Crippen molar-refractivity contribution in [3.8, 4) is 11.5 Å². The molecule has 1 saturated heterocycles. The van der Waals surface area contributed by atoms with Gasteiger partial charge in [0.2, 0.25) is 15.9 Å². The first-order valence-electron chi connectivity index (χ1n) is 11.1. The van der Waals surface area contributed by atoms with Crippen LogP contribution in [0.1, 0.15) is 18.1 Å². The molecule has 9 nitrogen and oxygen atoms in total. The number of nitrogens with one attached hydrogen (secondary N) is 1. The van der Waals surface area contributed by atoms with E-state index < -0.39 is 22.0 Å². The Kier molecular flexibility index (Phi) is 8.76. The molecule has 2 aromatic rings. The van der Waals surface area contributed by atoms with Gasteiger partial charge in [0.15, 0.2) is 11.5 Å². The van der Waals surface area contributed by atoms with Crippen LogP contribution in [-0.4, -0.2) is 72.0 Å². The van der Waals surface area contributed by atoms with Crippen molar-refractivity contribution >= 4 is 21.6 Å². The number of amides is 1. The Morgan fingerprint density at radius 3 is 2.26 bits per heavy atom. The highest BCUT2D eigenvalue weighted by Crippen LogP contribution is 2.33. The fourth-order valence-corrected chi connectivity index (χ4v) is 5.05. The Hall–Kier alpha value is -2.82. The van der Waals surface area contributed by atoms with Gasteiger partial charge in [0.1, 0.15) is 6.04 Å². The summed E-state index contributed by atoms with van der Waals surface area (Å²) in [5.41, 5.74) is 2.45. The number of carbonyl (C=O) groups excluding carboxylic acids is 1. The average molecular weight is 492 g/mol. The number of carbonyl (C=O) groups is 1. The van der Waals surface area contributed by atoms with Gasteiger partial charge in [0.25, 0.3) is 0 Å². The van der Waals surface area contributed by atoms with Crippen LogP contribution in [0.5, 0.6) is 11.5 Å². The lowest BCUT2D eigenvalue weighted by molar-refractivity contribution is -0.122. The summed E-state index contributed by atoms with van der Waals surface area (Å²) in [6.07, 6.45) is 1.07. The van der Waals surface area contributed by atoms with Crippen LogP contribution in [-0.2, 0) is 32.6 Å². The van der Waals surface area contributed by atoms with Crippen LogP contribution in [0.4, 0.5) is 5.69 Å². The number of hydrogen-bond acceptors (Lipinski definition) is 7. The van der Waals surface area contributed by atoms with Crippen molar-refractivity contribution in [3.05, 3.63) is 53.6 Å². The van der Waals surface area contributed by atoms with Crippen LogP contribution in [0.25, 0.3) is 0 Å². The molecule has 1 aliphatic heterocycles. The van der Waals surface area contributed by atoms with E-state index in [-0.39, 0.29) is 0 Å². The van der Waals surface area contributed by atoms with Crippen LogP contribution in [0, 0.1) is 0 Å². The summed E-state index contributed by atoms with van der Waals surface area (Å²) < 4.78 is 42.1. The lowest BCUT2D eigenvalue weighted by Crippen LogP contribution is -2.47. The van der Waals surface area contributed by atoms with Crippen LogP contribution in [0.3, 0.4) is 0 Å². The summed E-state index contributed by atoms with van der Waals surface area (Å²) in [6.45, 7) is 6.08. The molecule has 1 fully saturated rings. The lowest BCUT2D eigenvalue weighted by atomic mass is 10.1. The van der Waals surface area contributed by atoms with Crippen molar-refractivity contribution in [2.45, 2.75) is 26.1 Å². The molecule has 3 rings (SSSR count). The second kappa shape index (κ2) is 11.5. The predicted molar refractivity (Wildman–Crippen MR) is 131 cm³/mol. The summed E-state index contributed by atoms with van der Waals surface area (Å²) >= 11 is 0. The summed E-state index contributed by atoms with van der Waals surface area (Å²) in [5.74, 6) is 0.435. The van der Waals surface area contributed by atoms with Gasteiger partial charge < -0.3 is 19.5 Å². The highest BCUT2D eigenvalue weighted by Gasteiger charge is 2.29. The van der Waals surface area contributed by atoms with E-state index >= 15 is 0 Å². The van der Waals surface area contributed by atoms with E-state index in [0.29, 0.717) is 23.7 Å². The third-order valence-electron chi connectivity index (χ3n) is 5.71. The van der Waals surface area contributed by atoms with Crippen molar-refractivity contribution in [2.75, 3.05) is 51.1 Å². The summed E-state index contributed by atoms with van der Waals surface area (Å²) in [6, 6.07) is 11.8. The molecule has 34 heavy (non-hydrogen) atoms. The largest absolute Gasteiger partial charge is 0.493 e. The Bertz CT molecular complexity index is 1070. The maximum absolute atomic E-state index is 12.9. The zero-order chi connectivity index (χ0) is 24.7. The molecule has 2 aromatic carbocycles. The van der Waals surface area contributed by atoms with Gasteiger partial charge in [-0.25, -0.2) is 8.42 Å². The van der Waals surface area contributed by atoms with Crippen LogP contribution < -0.4 is 19.1 Å². The highest BCUT2D eigenvalue weighted by molar-refractivity contribution is 7.92. The number of rotatable bonds is 10. The molecule has 0 bridgehead atoms. The van der Waals surface area contributed by atoms with Gasteiger partial charge in [-0.2, -0.15) is 0 Å². The smallest absolute Gasteiger partial charge is 0.243 e. The molecule has 1 unspecified atom stereocenters. The summed E-state index contributed by atoms with van der Waals surface area (Å²) in [4.78, 5) is 15.2. The first kappa shape index (κ1) is 25.8.